The largest absolute Gasteiger partial charge is 0.483 e. The number of nitrogens with one attached hydrogen (secondary N) is 1. The zero-order valence-corrected chi connectivity index (χ0v) is 9.55. The molecule has 0 radical (unpaired) electrons. The van der Waals surface area contributed by atoms with Crippen molar-refractivity contribution in [2.45, 2.75) is 40.7 Å². The summed E-state index contributed by atoms with van der Waals surface area (Å²) < 4.78 is 5.60. The number of carbonyl (C=O) groups excluding carboxylic acids is 1. The molecule has 0 fully saturated rings. The van der Waals surface area contributed by atoms with Gasteiger partial charge in [0, 0.05) is 5.92 Å². The van der Waals surface area contributed by atoms with E-state index in [1.165, 1.54) is 0 Å². The van der Waals surface area contributed by atoms with Crippen molar-refractivity contribution in [1.29, 1.82) is 0 Å². The fourth-order valence-corrected chi connectivity index (χ4v) is 1.48. The van der Waals surface area contributed by atoms with Crippen LogP contribution in [0, 0.1) is 11.8 Å². The Balaban J connectivity index is 3.01. The molecule has 0 aliphatic carbocycles. The van der Waals surface area contributed by atoms with E-state index in [0.29, 0.717) is 11.8 Å². The molecular weight excluding hydrogens is 178 g/mol. The van der Waals surface area contributed by atoms with Gasteiger partial charge in [-0.3, -0.25) is 4.79 Å². The Morgan fingerprint density at radius 1 is 1.21 bits per heavy atom. The summed E-state index contributed by atoms with van der Waals surface area (Å²) >= 11 is 0. The van der Waals surface area contributed by atoms with Crippen molar-refractivity contribution in [3.8, 4) is 0 Å². The summed E-state index contributed by atoms with van der Waals surface area (Å²) in [6.07, 6.45) is -0.366. The number of rotatable bonds is 2. The molecule has 3 heteroatoms. The second-order valence-electron chi connectivity index (χ2n) is 4.34. The van der Waals surface area contributed by atoms with E-state index >= 15 is 0 Å². The molecule has 0 spiro atoms. The molecule has 0 aromatic heterocycles. The molecule has 0 saturated heterocycles. The van der Waals surface area contributed by atoms with Crippen LogP contribution in [0.25, 0.3) is 0 Å². The topological polar surface area (TPSA) is 38.3 Å². The average molecular weight is 197 g/mol. The van der Waals surface area contributed by atoms with Crippen LogP contribution in [0.5, 0.6) is 0 Å². The maximum Gasteiger partial charge on any atom is 0.264 e. The lowest BCUT2D eigenvalue weighted by atomic mass is 10.0. The zero-order valence-electron chi connectivity index (χ0n) is 9.55. The lowest BCUT2D eigenvalue weighted by Gasteiger charge is -2.30. The summed E-state index contributed by atoms with van der Waals surface area (Å²) in [7, 11) is 0. The number of ether oxygens (including phenoxy) is 1. The second kappa shape index (κ2) is 4.03. The van der Waals surface area contributed by atoms with E-state index in [-0.39, 0.29) is 12.0 Å². The average Bonchev–Trinajstić information content (AvgIpc) is 2.08. The maximum atomic E-state index is 11.4. The van der Waals surface area contributed by atoms with E-state index in [1.807, 2.05) is 0 Å². The van der Waals surface area contributed by atoms with Crippen LogP contribution < -0.4 is 5.32 Å². The van der Waals surface area contributed by atoms with Crippen molar-refractivity contribution in [2.24, 2.45) is 11.8 Å². The number of hydrogen-bond donors (Lipinski definition) is 1. The predicted molar refractivity (Wildman–Crippen MR) is 55.4 cm³/mol. The van der Waals surface area contributed by atoms with Crippen LogP contribution in [0.15, 0.2) is 11.5 Å². The molecule has 0 bridgehead atoms. The molecular formula is C11H19NO2. The summed E-state index contributed by atoms with van der Waals surface area (Å²) in [5.41, 5.74) is 0.933. The van der Waals surface area contributed by atoms with E-state index in [2.05, 4.69) is 33.0 Å². The Morgan fingerprint density at radius 3 is 2.21 bits per heavy atom. The van der Waals surface area contributed by atoms with E-state index in [9.17, 15) is 4.79 Å². The van der Waals surface area contributed by atoms with Crippen LogP contribution in [-0.4, -0.2) is 12.0 Å². The first-order valence-corrected chi connectivity index (χ1v) is 5.15. The van der Waals surface area contributed by atoms with Gasteiger partial charge in [-0.25, -0.2) is 0 Å². The first-order chi connectivity index (χ1) is 6.43. The Labute approximate surface area is 85.5 Å². The number of carbonyl (C=O) groups is 1. The molecule has 14 heavy (non-hydrogen) atoms. The number of allylic oxidation sites excluding steroid dienone is 2. The Kier molecular flexibility index (Phi) is 3.19. The van der Waals surface area contributed by atoms with Crippen molar-refractivity contribution < 1.29 is 9.53 Å². The second-order valence-corrected chi connectivity index (χ2v) is 4.34. The van der Waals surface area contributed by atoms with Gasteiger partial charge in [0.15, 0.2) is 6.10 Å². The molecule has 1 N–H and O–H groups in total. The lowest BCUT2D eigenvalue weighted by molar-refractivity contribution is -0.131. The summed E-state index contributed by atoms with van der Waals surface area (Å²) in [4.78, 5) is 11.4. The molecule has 1 amide bonds. The highest BCUT2D eigenvalue weighted by Crippen LogP contribution is 2.25. The summed E-state index contributed by atoms with van der Waals surface area (Å²) in [5, 5.41) is 2.91. The Bertz CT molecular complexity index is 266. The normalized spacial score (nSPS) is 22.8. The first-order valence-electron chi connectivity index (χ1n) is 5.15. The minimum absolute atomic E-state index is 0.0434. The summed E-state index contributed by atoms with van der Waals surface area (Å²) in [5.74, 6) is 1.49. The number of amides is 1. The van der Waals surface area contributed by atoms with E-state index < -0.39 is 0 Å². The Hall–Kier alpha value is -0.990. The highest BCUT2D eigenvalue weighted by molar-refractivity contribution is 5.83. The lowest BCUT2D eigenvalue weighted by Crippen LogP contribution is -2.41. The highest BCUT2D eigenvalue weighted by atomic mass is 16.5. The molecule has 1 unspecified atom stereocenters. The third-order valence-corrected chi connectivity index (χ3v) is 2.30. The maximum absolute atomic E-state index is 11.4. The van der Waals surface area contributed by atoms with Crippen molar-refractivity contribution in [2.75, 3.05) is 0 Å². The van der Waals surface area contributed by atoms with E-state index in [4.69, 9.17) is 4.74 Å². The summed E-state index contributed by atoms with van der Waals surface area (Å²) in [6.45, 7) is 10.0. The molecule has 0 saturated carbocycles. The minimum atomic E-state index is -0.366. The van der Waals surface area contributed by atoms with Crippen LogP contribution in [0.2, 0.25) is 0 Å². The van der Waals surface area contributed by atoms with Gasteiger partial charge in [0.2, 0.25) is 0 Å². The van der Waals surface area contributed by atoms with Crippen molar-refractivity contribution in [3.05, 3.63) is 11.5 Å². The van der Waals surface area contributed by atoms with Crippen LogP contribution in [0.1, 0.15) is 34.6 Å². The van der Waals surface area contributed by atoms with Gasteiger partial charge in [-0.05, 0) is 12.8 Å². The molecule has 1 aliphatic rings. The Morgan fingerprint density at radius 2 is 1.79 bits per heavy atom. The van der Waals surface area contributed by atoms with E-state index in [0.717, 1.165) is 11.5 Å². The van der Waals surface area contributed by atoms with Gasteiger partial charge in [-0.15, -0.1) is 0 Å². The third kappa shape index (κ3) is 2.08. The van der Waals surface area contributed by atoms with Gasteiger partial charge in [-0.2, -0.15) is 0 Å². The fraction of sp³-hybridized carbons (Fsp3) is 0.727. The van der Waals surface area contributed by atoms with Gasteiger partial charge in [-0.1, -0.05) is 27.7 Å². The van der Waals surface area contributed by atoms with Gasteiger partial charge in [0.05, 0.1) is 5.70 Å². The predicted octanol–water partition coefficient (Wildman–Crippen LogP) is 2.04. The highest BCUT2D eigenvalue weighted by Gasteiger charge is 2.28. The van der Waals surface area contributed by atoms with Crippen LogP contribution in [0.4, 0.5) is 0 Å². The molecule has 1 heterocycles. The van der Waals surface area contributed by atoms with Crippen molar-refractivity contribution in [1.82, 2.24) is 5.32 Å². The van der Waals surface area contributed by atoms with E-state index in [1.54, 1.807) is 6.92 Å². The van der Waals surface area contributed by atoms with Crippen LogP contribution in [-0.2, 0) is 9.53 Å². The van der Waals surface area contributed by atoms with Crippen molar-refractivity contribution >= 4 is 5.91 Å². The van der Waals surface area contributed by atoms with Crippen LogP contribution in [0.3, 0.4) is 0 Å². The standard InChI is InChI=1S/C11H19NO2/c1-6(2)9-10(7(3)4)14-8(5)11(13)12-9/h6-8H,1-5H3,(H,12,13). The number of hydrogen-bond acceptors (Lipinski definition) is 2. The van der Waals surface area contributed by atoms with Gasteiger partial charge in [0.25, 0.3) is 5.91 Å². The smallest absolute Gasteiger partial charge is 0.264 e. The van der Waals surface area contributed by atoms with Crippen LogP contribution >= 0.6 is 0 Å². The first kappa shape index (κ1) is 11.1. The zero-order chi connectivity index (χ0) is 10.9. The molecule has 1 aliphatic heterocycles. The molecule has 1 atom stereocenters. The van der Waals surface area contributed by atoms with Gasteiger partial charge >= 0.3 is 0 Å². The van der Waals surface area contributed by atoms with Gasteiger partial charge in [0.1, 0.15) is 5.76 Å². The fourth-order valence-electron chi connectivity index (χ4n) is 1.48. The quantitative estimate of drug-likeness (QED) is 0.735. The van der Waals surface area contributed by atoms with Gasteiger partial charge < -0.3 is 10.1 Å². The SMILES string of the molecule is CC(C)C1=C(C(C)C)OC(C)C(=O)N1. The molecule has 1 rings (SSSR count). The molecule has 80 valence electrons. The third-order valence-electron chi connectivity index (χ3n) is 2.30. The monoisotopic (exact) mass is 197 g/mol. The van der Waals surface area contributed by atoms with Crippen molar-refractivity contribution in [3.63, 3.8) is 0 Å². The summed E-state index contributed by atoms with van der Waals surface area (Å²) in [6, 6.07) is 0. The molecule has 0 aromatic rings. The molecule has 0 aromatic carbocycles. The minimum Gasteiger partial charge on any atom is -0.483 e. The molecule has 3 nitrogen and oxygen atoms in total.